The first-order valence-electron chi connectivity index (χ1n) is 9.76. The number of aliphatic hydroxyl groups is 1. The highest BCUT2D eigenvalue weighted by molar-refractivity contribution is 5.60. The van der Waals surface area contributed by atoms with Gasteiger partial charge < -0.3 is 10.4 Å². The van der Waals surface area contributed by atoms with Gasteiger partial charge in [0.05, 0.1) is 12.6 Å². The molecule has 0 aliphatic rings. The van der Waals surface area contributed by atoms with E-state index in [1.807, 2.05) is 78.9 Å². The van der Waals surface area contributed by atoms with Gasteiger partial charge in [0.1, 0.15) is 11.4 Å². The molecule has 0 aliphatic carbocycles. The Morgan fingerprint density at radius 1 is 0.793 bits per heavy atom. The predicted octanol–water partition coefficient (Wildman–Crippen LogP) is 3.82. The summed E-state index contributed by atoms with van der Waals surface area (Å²) in [4.78, 5) is 1.74. The zero-order valence-electron chi connectivity index (χ0n) is 16.1. The molecule has 0 saturated heterocycles. The van der Waals surface area contributed by atoms with Crippen molar-refractivity contribution >= 4 is 0 Å². The molecule has 0 saturated carbocycles. The maximum atomic E-state index is 10.4. The summed E-state index contributed by atoms with van der Waals surface area (Å²) in [6.45, 7) is 1.60. The van der Waals surface area contributed by atoms with Crippen molar-refractivity contribution < 1.29 is 5.11 Å². The van der Waals surface area contributed by atoms with Crippen molar-refractivity contribution in [2.45, 2.75) is 19.2 Å². The molecule has 0 unspecified atom stereocenters. The first-order valence-corrected chi connectivity index (χ1v) is 9.76. The minimum absolute atomic E-state index is 0.448. The zero-order valence-corrected chi connectivity index (χ0v) is 16.1. The lowest BCUT2D eigenvalue weighted by Gasteiger charge is -2.11. The average molecular weight is 384 g/mol. The van der Waals surface area contributed by atoms with E-state index in [4.69, 9.17) is 10.2 Å². The first-order chi connectivity index (χ1) is 14.3. The lowest BCUT2D eigenvalue weighted by atomic mass is 10.1. The molecule has 0 spiro atoms. The van der Waals surface area contributed by atoms with Gasteiger partial charge in [-0.05, 0) is 11.1 Å². The monoisotopic (exact) mass is 384 g/mol. The summed E-state index contributed by atoms with van der Waals surface area (Å²) in [7, 11) is 0. The van der Waals surface area contributed by atoms with Crippen molar-refractivity contribution in [1.29, 1.82) is 0 Å². The third-order valence-electron chi connectivity index (χ3n) is 4.75. The van der Waals surface area contributed by atoms with Gasteiger partial charge in [0.25, 0.3) is 0 Å². The van der Waals surface area contributed by atoms with E-state index in [0.29, 0.717) is 19.6 Å². The van der Waals surface area contributed by atoms with Crippen LogP contribution in [0.15, 0.2) is 91.0 Å². The van der Waals surface area contributed by atoms with Crippen LogP contribution in [0.5, 0.6) is 0 Å². The van der Waals surface area contributed by atoms with Crippen LogP contribution >= 0.6 is 0 Å². The highest BCUT2D eigenvalue weighted by atomic mass is 16.3. The molecule has 1 aromatic heterocycles. The van der Waals surface area contributed by atoms with Gasteiger partial charge in [0.15, 0.2) is 0 Å². The van der Waals surface area contributed by atoms with E-state index < -0.39 is 6.10 Å². The number of hydrogen-bond acceptors (Lipinski definition) is 4. The van der Waals surface area contributed by atoms with Gasteiger partial charge >= 0.3 is 0 Å². The van der Waals surface area contributed by atoms with E-state index in [9.17, 15) is 5.11 Å². The van der Waals surface area contributed by atoms with Crippen molar-refractivity contribution in [3.8, 4) is 11.3 Å². The predicted molar refractivity (Wildman–Crippen MR) is 114 cm³/mol. The van der Waals surface area contributed by atoms with E-state index in [1.54, 1.807) is 4.80 Å². The van der Waals surface area contributed by atoms with Crippen molar-refractivity contribution in [2.24, 2.45) is 0 Å². The molecule has 0 bridgehead atoms. The smallest absolute Gasteiger partial charge is 0.117 e. The Morgan fingerprint density at radius 2 is 1.41 bits per heavy atom. The minimum atomic E-state index is -0.560. The second kappa shape index (κ2) is 9.28. The number of nitrogens with zero attached hydrogens (tertiary/aromatic N) is 3. The van der Waals surface area contributed by atoms with Crippen LogP contribution in [-0.2, 0) is 13.1 Å². The van der Waals surface area contributed by atoms with Crippen LogP contribution in [0.1, 0.15) is 22.9 Å². The number of aliphatic hydroxyl groups excluding tert-OH is 1. The third kappa shape index (κ3) is 4.96. The van der Waals surface area contributed by atoms with Crippen LogP contribution in [0.2, 0.25) is 0 Å². The SMILES string of the molecule is O[C@@H](CNCc1nn(Cc2ccccc2)nc1-c1ccccc1)c1ccccc1. The van der Waals surface area contributed by atoms with Gasteiger partial charge in [0, 0.05) is 18.7 Å². The molecule has 29 heavy (non-hydrogen) atoms. The summed E-state index contributed by atoms with van der Waals surface area (Å²) in [5.74, 6) is 0. The van der Waals surface area contributed by atoms with Crippen molar-refractivity contribution in [1.82, 2.24) is 20.3 Å². The second-order valence-corrected chi connectivity index (χ2v) is 6.93. The summed E-state index contributed by atoms with van der Waals surface area (Å²) in [5.41, 5.74) is 4.82. The standard InChI is InChI=1S/C24H24N4O/c29-23(20-12-6-2-7-13-20)17-25-16-22-24(21-14-8-3-9-15-21)27-28(26-22)18-19-10-4-1-5-11-19/h1-15,23,25,29H,16-18H2/t23-/m0/s1. The molecule has 0 amide bonds. The van der Waals surface area contributed by atoms with Crippen LogP contribution in [0.3, 0.4) is 0 Å². The van der Waals surface area contributed by atoms with Gasteiger partial charge in [-0.15, -0.1) is 0 Å². The number of rotatable bonds is 8. The molecule has 4 rings (SSSR count). The van der Waals surface area contributed by atoms with Gasteiger partial charge in [-0.1, -0.05) is 91.0 Å². The van der Waals surface area contributed by atoms with Crippen LogP contribution < -0.4 is 5.32 Å². The van der Waals surface area contributed by atoms with Gasteiger partial charge in [-0.3, -0.25) is 0 Å². The summed E-state index contributed by atoms with van der Waals surface area (Å²) >= 11 is 0. The molecule has 5 heteroatoms. The summed E-state index contributed by atoms with van der Waals surface area (Å²) < 4.78 is 0. The lowest BCUT2D eigenvalue weighted by Crippen LogP contribution is -2.21. The Morgan fingerprint density at radius 3 is 2.10 bits per heavy atom. The summed E-state index contributed by atoms with van der Waals surface area (Å²) in [5, 5.41) is 23.2. The molecule has 0 fully saturated rings. The number of aromatic nitrogens is 3. The van der Waals surface area contributed by atoms with Crippen LogP contribution in [-0.4, -0.2) is 26.6 Å². The fourth-order valence-corrected chi connectivity index (χ4v) is 3.26. The largest absolute Gasteiger partial charge is 0.387 e. The second-order valence-electron chi connectivity index (χ2n) is 6.93. The summed E-state index contributed by atoms with van der Waals surface area (Å²) in [6.07, 6.45) is -0.560. The normalized spacial score (nSPS) is 12.0. The molecular formula is C24H24N4O. The van der Waals surface area contributed by atoms with Gasteiger partial charge in [-0.2, -0.15) is 15.0 Å². The molecular weight excluding hydrogens is 360 g/mol. The van der Waals surface area contributed by atoms with E-state index in [2.05, 4.69) is 17.4 Å². The zero-order chi connectivity index (χ0) is 19.9. The quantitative estimate of drug-likeness (QED) is 0.485. The van der Waals surface area contributed by atoms with E-state index >= 15 is 0 Å². The number of hydrogen-bond donors (Lipinski definition) is 2. The van der Waals surface area contributed by atoms with Crippen LogP contribution in [0, 0.1) is 0 Å². The topological polar surface area (TPSA) is 63.0 Å². The maximum absolute atomic E-state index is 10.4. The highest BCUT2D eigenvalue weighted by Gasteiger charge is 2.14. The van der Waals surface area contributed by atoms with Crippen molar-refractivity contribution in [2.75, 3.05) is 6.54 Å². The van der Waals surface area contributed by atoms with Crippen LogP contribution in [0.25, 0.3) is 11.3 Å². The molecule has 3 aromatic carbocycles. The highest BCUT2D eigenvalue weighted by Crippen LogP contribution is 2.20. The Labute approximate surface area is 170 Å². The molecule has 0 radical (unpaired) electrons. The Bertz CT molecular complexity index is 1020. The van der Waals surface area contributed by atoms with Crippen molar-refractivity contribution in [3.63, 3.8) is 0 Å². The fourth-order valence-electron chi connectivity index (χ4n) is 3.26. The first kappa shape index (κ1) is 19.1. The fraction of sp³-hybridized carbons (Fsp3) is 0.167. The van der Waals surface area contributed by atoms with Crippen molar-refractivity contribution in [3.05, 3.63) is 108 Å². The van der Waals surface area contributed by atoms with E-state index in [0.717, 1.165) is 28.1 Å². The number of benzene rings is 3. The Balaban J connectivity index is 1.50. The molecule has 1 atom stereocenters. The van der Waals surface area contributed by atoms with Crippen LogP contribution in [0.4, 0.5) is 0 Å². The van der Waals surface area contributed by atoms with E-state index in [1.165, 1.54) is 0 Å². The number of nitrogens with one attached hydrogen (secondary N) is 1. The Hall–Kier alpha value is -3.28. The molecule has 4 aromatic rings. The molecule has 2 N–H and O–H groups in total. The van der Waals surface area contributed by atoms with Gasteiger partial charge in [-0.25, -0.2) is 0 Å². The lowest BCUT2D eigenvalue weighted by molar-refractivity contribution is 0.174. The van der Waals surface area contributed by atoms with Gasteiger partial charge in [0.2, 0.25) is 0 Å². The molecule has 1 heterocycles. The third-order valence-corrected chi connectivity index (χ3v) is 4.75. The minimum Gasteiger partial charge on any atom is -0.387 e. The summed E-state index contributed by atoms with van der Waals surface area (Å²) in [6, 6.07) is 29.9. The van der Waals surface area contributed by atoms with E-state index in [-0.39, 0.29) is 0 Å². The Kier molecular flexibility index (Phi) is 6.10. The molecule has 0 aliphatic heterocycles. The molecule has 5 nitrogen and oxygen atoms in total. The molecule has 146 valence electrons. The average Bonchev–Trinajstić information content (AvgIpc) is 3.18. The maximum Gasteiger partial charge on any atom is 0.117 e.